The molecule has 2 rings (SSSR count). The third-order valence-corrected chi connectivity index (χ3v) is 2.86. The minimum absolute atomic E-state index is 0.276. The monoisotopic (exact) mass is 283 g/mol. The fourth-order valence-corrected chi connectivity index (χ4v) is 1.81. The summed E-state index contributed by atoms with van der Waals surface area (Å²) in [6.07, 6.45) is 0.617. The summed E-state index contributed by atoms with van der Waals surface area (Å²) in [6, 6.07) is 14.5. The van der Waals surface area contributed by atoms with Crippen molar-refractivity contribution in [3.05, 3.63) is 65.5 Å². The van der Waals surface area contributed by atoms with Gasteiger partial charge in [0, 0.05) is 12.2 Å². The highest BCUT2D eigenvalue weighted by Crippen LogP contribution is 2.09. The van der Waals surface area contributed by atoms with Crippen LogP contribution in [0.25, 0.3) is 0 Å². The molecule has 0 aliphatic rings. The first-order valence-corrected chi connectivity index (χ1v) is 6.47. The van der Waals surface area contributed by atoms with Crippen molar-refractivity contribution < 1.29 is 9.18 Å². The predicted octanol–water partition coefficient (Wildman–Crippen LogP) is 3.06. The molecule has 0 aromatic heterocycles. The van der Waals surface area contributed by atoms with Crippen molar-refractivity contribution in [2.24, 2.45) is 0 Å². The van der Waals surface area contributed by atoms with E-state index in [4.69, 9.17) is 5.26 Å². The number of nitrogens with zero attached hydrogens (tertiary/aromatic N) is 1. The van der Waals surface area contributed by atoms with E-state index in [9.17, 15) is 9.18 Å². The fraction of sp³-hybridized carbons (Fsp3) is 0.125. The van der Waals surface area contributed by atoms with Crippen molar-refractivity contribution in [1.29, 1.82) is 5.26 Å². The lowest BCUT2D eigenvalue weighted by Gasteiger charge is -2.08. The van der Waals surface area contributed by atoms with Crippen LogP contribution in [-0.2, 0) is 6.42 Å². The smallest absolute Gasteiger partial charge is 0.319 e. The number of rotatable bonds is 4. The van der Waals surface area contributed by atoms with Gasteiger partial charge >= 0.3 is 6.03 Å². The number of urea groups is 1. The van der Waals surface area contributed by atoms with Crippen LogP contribution in [0.2, 0.25) is 0 Å². The van der Waals surface area contributed by atoms with Crippen LogP contribution < -0.4 is 10.6 Å². The molecule has 0 fully saturated rings. The Balaban J connectivity index is 1.79. The number of benzene rings is 2. The van der Waals surface area contributed by atoms with E-state index in [1.54, 1.807) is 36.4 Å². The van der Waals surface area contributed by atoms with Gasteiger partial charge in [0.05, 0.1) is 11.6 Å². The van der Waals surface area contributed by atoms with Crippen molar-refractivity contribution in [2.45, 2.75) is 6.42 Å². The highest BCUT2D eigenvalue weighted by molar-refractivity contribution is 5.89. The minimum atomic E-state index is -0.341. The molecular formula is C16H14FN3O. The molecule has 0 aliphatic carbocycles. The van der Waals surface area contributed by atoms with Gasteiger partial charge in [-0.15, -0.1) is 0 Å². The average Bonchev–Trinajstić information content (AvgIpc) is 2.49. The maximum Gasteiger partial charge on any atom is 0.319 e. The highest BCUT2D eigenvalue weighted by atomic mass is 19.1. The summed E-state index contributed by atoms with van der Waals surface area (Å²) >= 11 is 0. The molecule has 5 heteroatoms. The van der Waals surface area contributed by atoms with E-state index in [1.165, 1.54) is 12.1 Å². The zero-order valence-corrected chi connectivity index (χ0v) is 11.3. The second kappa shape index (κ2) is 7.06. The zero-order chi connectivity index (χ0) is 15.1. The summed E-state index contributed by atoms with van der Waals surface area (Å²) in [6.45, 7) is 0.440. The number of amides is 2. The van der Waals surface area contributed by atoms with E-state index in [0.717, 1.165) is 5.56 Å². The molecule has 0 spiro atoms. The Morgan fingerprint density at radius 2 is 1.95 bits per heavy atom. The van der Waals surface area contributed by atoms with Crippen LogP contribution in [0.5, 0.6) is 0 Å². The molecule has 4 nitrogen and oxygen atoms in total. The Hall–Kier alpha value is -2.87. The van der Waals surface area contributed by atoms with E-state index in [1.807, 2.05) is 6.07 Å². The van der Waals surface area contributed by atoms with Crippen molar-refractivity contribution in [2.75, 3.05) is 11.9 Å². The van der Waals surface area contributed by atoms with Crippen LogP contribution in [-0.4, -0.2) is 12.6 Å². The van der Waals surface area contributed by atoms with Crippen LogP contribution in [0.15, 0.2) is 48.5 Å². The van der Waals surface area contributed by atoms with Gasteiger partial charge in [-0.1, -0.05) is 18.2 Å². The lowest BCUT2D eigenvalue weighted by atomic mass is 10.1. The summed E-state index contributed by atoms with van der Waals surface area (Å²) in [5.74, 6) is -0.276. The lowest BCUT2D eigenvalue weighted by Crippen LogP contribution is -2.30. The number of hydrogen-bond acceptors (Lipinski definition) is 2. The van der Waals surface area contributed by atoms with Gasteiger partial charge < -0.3 is 10.6 Å². The quantitative estimate of drug-likeness (QED) is 0.905. The Bertz CT molecular complexity index is 662. The molecule has 0 heterocycles. The average molecular weight is 283 g/mol. The summed E-state index contributed by atoms with van der Waals surface area (Å²) in [4.78, 5) is 11.7. The third-order valence-electron chi connectivity index (χ3n) is 2.86. The number of carbonyl (C=O) groups is 1. The second-order valence-corrected chi connectivity index (χ2v) is 4.45. The maximum absolute atomic E-state index is 12.7. The van der Waals surface area contributed by atoms with Crippen molar-refractivity contribution in [1.82, 2.24) is 5.32 Å². The Kier molecular flexibility index (Phi) is 4.89. The van der Waals surface area contributed by atoms with Crippen LogP contribution >= 0.6 is 0 Å². The summed E-state index contributed by atoms with van der Waals surface area (Å²) in [7, 11) is 0. The standard InChI is InChI=1S/C16H14FN3O/c17-14-6-4-12(5-7-14)8-9-19-16(21)20-15-3-1-2-13(10-15)11-18/h1-7,10H,8-9H2,(H2,19,20,21). The van der Waals surface area contributed by atoms with Gasteiger partial charge in [0.25, 0.3) is 0 Å². The first-order chi connectivity index (χ1) is 10.2. The van der Waals surface area contributed by atoms with E-state index in [-0.39, 0.29) is 11.8 Å². The predicted molar refractivity (Wildman–Crippen MR) is 78.3 cm³/mol. The normalized spacial score (nSPS) is 9.71. The Morgan fingerprint density at radius 3 is 2.67 bits per heavy atom. The number of nitriles is 1. The number of halogens is 1. The second-order valence-electron chi connectivity index (χ2n) is 4.45. The van der Waals surface area contributed by atoms with Gasteiger partial charge in [-0.2, -0.15) is 5.26 Å². The van der Waals surface area contributed by atoms with Gasteiger partial charge in [0.1, 0.15) is 5.82 Å². The molecule has 106 valence electrons. The fourth-order valence-electron chi connectivity index (χ4n) is 1.81. The molecule has 0 aliphatic heterocycles. The number of carbonyl (C=O) groups excluding carboxylic acids is 1. The topological polar surface area (TPSA) is 64.9 Å². The minimum Gasteiger partial charge on any atom is -0.338 e. The molecule has 2 amide bonds. The van der Waals surface area contributed by atoms with E-state index < -0.39 is 0 Å². The van der Waals surface area contributed by atoms with Gasteiger partial charge in [-0.25, -0.2) is 9.18 Å². The van der Waals surface area contributed by atoms with Gasteiger partial charge in [0.15, 0.2) is 0 Å². The Labute approximate surface area is 122 Å². The number of anilines is 1. The molecule has 2 aromatic rings. The van der Waals surface area contributed by atoms with Gasteiger partial charge in [0.2, 0.25) is 0 Å². The molecule has 0 bridgehead atoms. The van der Waals surface area contributed by atoms with Crippen LogP contribution in [0.4, 0.5) is 14.9 Å². The highest BCUT2D eigenvalue weighted by Gasteiger charge is 2.02. The van der Waals surface area contributed by atoms with E-state index >= 15 is 0 Å². The van der Waals surface area contributed by atoms with Crippen molar-refractivity contribution in [3.63, 3.8) is 0 Å². The van der Waals surface area contributed by atoms with E-state index in [2.05, 4.69) is 10.6 Å². The number of nitrogens with one attached hydrogen (secondary N) is 2. The first kappa shape index (κ1) is 14.5. The van der Waals surface area contributed by atoms with Crippen molar-refractivity contribution >= 4 is 11.7 Å². The molecule has 0 unspecified atom stereocenters. The van der Waals surface area contributed by atoms with Crippen molar-refractivity contribution in [3.8, 4) is 6.07 Å². The molecule has 21 heavy (non-hydrogen) atoms. The number of hydrogen-bond donors (Lipinski definition) is 2. The largest absolute Gasteiger partial charge is 0.338 e. The van der Waals surface area contributed by atoms with Crippen LogP contribution in [0.1, 0.15) is 11.1 Å². The molecule has 0 radical (unpaired) electrons. The summed E-state index contributed by atoms with van der Waals surface area (Å²) in [5.41, 5.74) is 2.00. The summed E-state index contributed by atoms with van der Waals surface area (Å²) < 4.78 is 12.7. The van der Waals surface area contributed by atoms with Gasteiger partial charge in [-0.05, 0) is 42.3 Å². The molecule has 0 saturated carbocycles. The third kappa shape index (κ3) is 4.62. The van der Waals surface area contributed by atoms with E-state index in [0.29, 0.717) is 24.2 Å². The lowest BCUT2D eigenvalue weighted by molar-refractivity contribution is 0.252. The van der Waals surface area contributed by atoms with Crippen LogP contribution in [0, 0.1) is 17.1 Å². The van der Waals surface area contributed by atoms with Gasteiger partial charge in [-0.3, -0.25) is 0 Å². The molecular weight excluding hydrogens is 269 g/mol. The summed E-state index contributed by atoms with van der Waals surface area (Å²) in [5, 5.41) is 14.1. The first-order valence-electron chi connectivity index (χ1n) is 6.47. The molecule has 0 saturated heterocycles. The van der Waals surface area contributed by atoms with Crippen LogP contribution in [0.3, 0.4) is 0 Å². The molecule has 2 N–H and O–H groups in total. The maximum atomic E-state index is 12.7. The molecule has 2 aromatic carbocycles. The SMILES string of the molecule is N#Cc1cccc(NC(=O)NCCc2ccc(F)cc2)c1. The molecule has 0 atom stereocenters. The Morgan fingerprint density at radius 1 is 1.19 bits per heavy atom. The zero-order valence-electron chi connectivity index (χ0n) is 11.3.